The predicted molar refractivity (Wildman–Crippen MR) is 108 cm³/mol. The number of nitrogens with one attached hydrogen (secondary N) is 1. The smallest absolute Gasteiger partial charge is 0.329 e. The molecule has 2 aromatic heterocycles. The van der Waals surface area contributed by atoms with Gasteiger partial charge in [-0.15, -0.1) is 11.3 Å². The lowest BCUT2D eigenvalue weighted by Gasteiger charge is -2.20. The Kier molecular flexibility index (Phi) is 6.36. The van der Waals surface area contributed by atoms with Gasteiger partial charge in [0, 0.05) is 21.9 Å². The minimum absolute atomic E-state index is 0.0872. The van der Waals surface area contributed by atoms with Crippen LogP contribution in [-0.2, 0) is 16.1 Å². The van der Waals surface area contributed by atoms with Crippen LogP contribution in [-0.4, -0.2) is 22.9 Å². The second-order valence-corrected chi connectivity index (χ2v) is 7.96. The molecule has 1 N–H and O–H groups in total. The molecule has 3 rings (SSSR count). The van der Waals surface area contributed by atoms with E-state index in [2.05, 4.69) is 10.3 Å². The Balaban J connectivity index is 1.60. The third kappa shape index (κ3) is 5.02. The lowest BCUT2D eigenvalue weighted by atomic mass is 10.0. The van der Waals surface area contributed by atoms with Crippen LogP contribution in [0.3, 0.4) is 0 Å². The standard InChI is InChI=1S/C20H20N2O3S2/c1-13(2)17(22-18(23)14-6-4-3-5-7-14)20(24)25-10-16-12-27-19(21-16)15-8-9-26-11-15/h3-9,11-13,17H,10H2,1-2H3,(H,22,23)/t17-/m0/s1. The van der Waals surface area contributed by atoms with Crippen molar-refractivity contribution in [3.63, 3.8) is 0 Å². The maximum atomic E-state index is 12.5. The maximum Gasteiger partial charge on any atom is 0.329 e. The number of hydrogen-bond donors (Lipinski definition) is 1. The fraction of sp³-hybridized carbons (Fsp3) is 0.250. The van der Waals surface area contributed by atoms with Gasteiger partial charge in [0.15, 0.2) is 0 Å². The van der Waals surface area contributed by atoms with Gasteiger partial charge in [0.2, 0.25) is 0 Å². The number of carbonyl (C=O) groups is 2. The summed E-state index contributed by atoms with van der Waals surface area (Å²) in [5, 5.41) is 9.58. The summed E-state index contributed by atoms with van der Waals surface area (Å²) in [5.41, 5.74) is 2.28. The summed E-state index contributed by atoms with van der Waals surface area (Å²) in [7, 11) is 0. The van der Waals surface area contributed by atoms with Crippen molar-refractivity contribution in [2.75, 3.05) is 0 Å². The fourth-order valence-electron chi connectivity index (χ4n) is 2.44. The highest BCUT2D eigenvalue weighted by molar-refractivity contribution is 7.14. The molecule has 0 aliphatic rings. The molecule has 0 spiro atoms. The summed E-state index contributed by atoms with van der Waals surface area (Å²) in [6, 6.07) is 10.1. The van der Waals surface area contributed by atoms with Crippen molar-refractivity contribution in [3.05, 3.63) is 63.8 Å². The van der Waals surface area contributed by atoms with Gasteiger partial charge < -0.3 is 10.1 Å². The van der Waals surface area contributed by atoms with Crippen LogP contribution in [0.15, 0.2) is 52.5 Å². The van der Waals surface area contributed by atoms with Crippen LogP contribution in [0.1, 0.15) is 29.9 Å². The number of carbonyl (C=O) groups excluding carboxylic acids is 2. The number of thiazole rings is 1. The normalized spacial score (nSPS) is 12.0. The molecule has 2 heterocycles. The Morgan fingerprint density at radius 3 is 2.59 bits per heavy atom. The van der Waals surface area contributed by atoms with Gasteiger partial charge in [-0.3, -0.25) is 4.79 Å². The second kappa shape index (κ2) is 8.92. The summed E-state index contributed by atoms with van der Waals surface area (Å²) in [6.07, 6.45) is 0. The zero-order valence-electron chi connectivity index (χ0n) is 15.0. The number of thiophene rings is 1. The molecule has 0 saturated carbocycles. The van der Waals surface area contributed by atoms with E-state index in [9.17, 15) is 9.59 Å². The first-order chi connectivity index (χ1) is 13.0. The number of ether oxygens (including phenoxy) is 1. The Morgan fingerprint density at radius 1 is 1.15 bits per heavy atom. The average Bonchev–Trinajstić information content (AvgIpc) is 3.35. The molecule has 1 amide bonds. The molecule has 0 saturated heterocycles. The van der Waals surface area contributed by atoms with Crippen molar-refractivity contribution in [1.29, 1.82) is 0 Å². The molecule has 7 heteroatoms. The summed E-state index contributed by atoms with van der Waals surface area (Å²) in [4.78, 5) is 29.3. The molecule has 0 radical (unpaired) electrons. The Hall–Kier alpha value is -2.51. The van der Waals surface area contributed by atoms with Crippen molar-refractivity contribution in [2.45, 2.75) is 26.5 Å². The van der Waals surface area contributed by atoms with Gasteiger partial charge in [-0.25, -0.2) is 9.78 Å². The number of esters is 1. The van der Waals surface area contributed by atoms with E-state index in [1.807, 2.05) is 42.1 Å². The Bertz CT molecular complexity index is 889. The predicted octanol–water partition coefficient (Wildman–Crippen LogP) is 4.37. The van der Waals surface area contributed by atoms with E-state index < -0.39 is 12.0 Å². The highest BCUT2D eigenvalue weighted by atomic mass is 32.1. The van der Waals surface area contributed by atoms with Crippen LogP contribution in [0.25, 0.3) is 10.6 Å². The third-order valence-corrected chi connectivity index (χ3v) is 5.55. The van der Waals surface area contributed by atoms with Crippen LogP contribution < -0.4 is 5.32 Å². The van der Waals surface area contributed by atoms with Crippen molar-refractivity contribution >= 4 is 34.6 Å². The largest absolute Gasteiger partial charge is 0.458 e. The van der Waals surface area contributed by atoms with Crippen molar-refractivity contribution in [1.82, 2.24) is 10.3 Å². The number of benzene rings is 1. The molecule has 0 aliphatic heterocycles. The van der Waals surface area contributed by atoms with E-state index in [1.165, 1.54) is 11.3 Å². The lowest BCUT2D eigenvalue weighted by molar-refractivity contribution is -0.148. The Morgan fingerprint density at radius 2 is 1.93 bits per heavy atom. The number of amides is 1. The number of rotatable bonds is 7. The monoisotopic (exact) mass is 400 g/mol. The van der Waals surface area contributed by atoms with E-state index in [0.29, 0.717) is 11.3 Å². The molecule has 140 valence electrons. The van der Waals surface area contributed by atoms with E-state index in [-0.39, 0.29) is 18.4 Å². The molecule has 0 fully saturated rings. The second-order valence-electron chi connectivity index (χ2n) is 6.32. The van der Waals surface area contributed by atoms with Gasteiger partial charge >= 0.3 is 5.97 Å². The molecule has 3 aromatic rings. The first-order valence-corrected chi connectivity index (χ1v) is 10.4. The minimum atomic E-state index is -0.715. The summed E-state index contributed by atoms with van der Waals surface area (Å²) in [6.45, 7) is 3.83. The van der Waals surface area contributed by atoms with Crippen molar-refractivity contribution < 1.29 is 14.3 Å². The molecule has 1 atom stereocenters. The molecule has 0 bridgehead atoms. The highest BCUT2D eigenvalue weighted by Crippen LogP contribution is 2.26. The van der Waals surface area contributed by atoms with Gasteiger partial charge in [-0.05, 0) is 29.5 Å². The van der Waals surface area contributed by atoms with Crippen LogP contribution in [0.2, 0.25) is 0 Å². The molecule has 1 aromatic carbocycles. The summed E-state index contributed by atoms with van der Waals surface area (Å²) < 4.78 is 5.41. The van der Waals surface area contributed by atoms with Gasteiger partial charge in [0.1, 0.15) is 17.7 Å². The topological polar surface area (TPSA) is 68.3 Å². The van der Waals surface area contributed by atoms with E-state index in [1.54, 1.807) is 35.6 Å². The first kappa shape index (κ1) is 19.3. The maximum absolute atomic E-state index is 12.5. The minimum Gasteiger partial charge on any atom is -0.458 e. The number of aromatic nitrogens is 1. The fourth-order valence-corrected chi connectivity index (χ4v) is 3.96. The quantitative estimate of drug-likeness (QED) is 0.598. The number of nitrogens with zero attached hydrogens (tertiary/aromatic N) is 1. The summed E-state index contributed by atoms with van der Waals surface area (Å²) >= 11 is 3.13. The van der Waals surface area contributed by atoms with Crippen LogP contribution in [0.4, 0.5) is 0 Å². The van der Waals surface area contributed by atoms with Crippen LogP contribution in [0, 0.1) is 5.92 Å². The van der Waals surface area contributed by atoms with Crippen molar-refractivity contribution in [3.8, 4) is 10.6 Å². The zero-order chi connectivity index (χ0) is 19.2. The highest BCUT2D eigenvalue weighted by Gasteiger charge is 2.26. The van der Waals surface area contributed by atoms with E-state index >= 15 is 0 Å². The molecular weight excluding hydrogens is 380 g/mol. The first-order valence-electron chi connectivity index (χ1n) is 8.54. The van der Waals surface area contributed by atoms with Crippen molar-refractivity contribution in [2.24, 2.45) is 5.92 Å². The van der Waals surface area contributed by atoms with Gasteiger partial charge in [-0.2, -0.15) is 11.3 Å². The van der Waals surface area contributed by atoms with Gasteiger partial charge in [0.05, 0.1) is 5.69 Å². The lowest BCUT2D eigenvalue weighted by Crippen LogP contribution is -2.45. The molecule has 0 unspecified atom stereocenters. The molecule has 5 nitrogen and oxygen atoms in total. The van der Waals surface area contributed by atoms with Crippen LogP contribution in [0.5, 0.6) is 0 Å². The molecule has 27 heavy (non-hydrogen) atoms. The SMILES string of the molecule is CC(C)[C@H](NC(=O)c1ccccc1)C(=O)OCc1csc(-c2ccsc2)n1. The molecule has 0 aliphatic carbocycles. The van der Waals surface area contributed by atoms with E-state index in [4.69, 9.17) is 4.74 Å². The summed E-state index contributed by atoms with van der Waals surface area (Å²) in [5.74, 6) is -0.846. The van der Waals surface area contributed by atoms with Crippen LogP contribution >= 0.6 is 22.7 Å². The Labute approximate surface area is 166 Å². The average molecular weight is 401 g/mol. The number of hydrogen-bond acceptors (Lipinski definition) is 6. The molecular formula is C20H20N2O3S2. The van der Waals surface area contributed by atoms with E-state index in [0.717, 1.165) is 10.6 Å². The van der Waals surface area contributed by atoms with Gasteiger partial charge in [0.25, 0.3) is 5.91 Å². The zero-order valence-corrected chi connectivity index (χ0v) is 16.7. The van der Waals surface area contributed by atoms with Gasteiger partial charge in [-0.1, -0.05) is 32.0 Å². The third-order valence-electron chi connectivity index (χ3n) is 3.93.